The Morgan fingerprint density at radius 2 is 1.57 bits per heavy atom. The zero-order valence-electron chi connectivity index (χ0n) is 13.9. The summed E-state index contributed by atoms with van der Waals surface area (Å²) in [7, 11) is 1.94. The number of amides is 1. The van der Waals surface area contributed by atoms with E-state index in [9.17, 15) is 4.79 Å². The van der Waals surface area contributed by atoms with Crippen LogP contribution < -0.4 is 4.90 Å². The first-order valence-corrected chi connectivity index (χ1v) is 9.52. The largest absolute Gasteiger partial charge is 0.314 e. The number of nitrogens with zero attached hydrogens (tertiary/aromatic N) is 1. The molecule has 1 aliphatic rings. The molecule has 1 aromatic carbocycles. The zero-order chi connectivity index (χ0) is 16.1. The normalized spacial score (nSPS) is 17.3. The molecule has 3 heteroatoms. The van der Waals surface area contributed by atoms with Crippen molar-refractivity contribution in [3.8, 4) is 10.4 Å². The van der Waals surface area contributed by atoms with E-state index in [1.165, 1.54) is 47.4 Å². The first kappa shape index (κ1) is 16.3. The van der Waals surface area contributed by atoms with Crippen LogP contribution in [0.4, 0.5) is 5.69 Å². The van der Waals surface area contributed by atoms with Crippen LogP contribution in [0.25, 0.3) is 10.4 Å². The number of aryl methyl sites for hydroxylation is 1. The Morgan fingerprint density at radius 1 is 0.913 bits per heavy atom. The third kappa shape index (κ3) is 4.03. The molecule has 3 rings (SSSR count). The number of fused-ring (bicyclic) bond motifs is 1. The molecule has 0 N–H and O–H groups in total. The van der Waals surface area contributed by atoms with Gasteiger partial charge in [0, 0.05) is 23.2 Å². The smallest absolute Gasteiger partial charge is 0.226 e. The average molecular weight is 327 g/mol. The predicted molar refractivity (Wildman–Crippen MR) is 99.2 cm³/mol. The molecule has 2 aromatic rings. The van der Waals surface area contributed by atoms with Gasteiger partial charge in [-0.05, 0) is 30.9 Å². The van der Waals surface area contributed by atoms with E-state index in [0.717, 1.165) is 18.5 Å². The van der Waals surface area contributed by atoms with Crippen LogP contribution in [0.2, 0.25) is 0 Å². The van der Waals surface area contributed by atoms with Crippen molar-refractivity contribution in [3.63, 3.8) is 0 Å². The molecule has 0 saturated carbocycles. The molecule has 0 radical (unpaired) electrons. The molecule has 0 spiro atoms. The Labute approximate surface area is 143 Å². The highest BCUT2D eigenvalue weighted by atomic mass is 32.1. The van der Waals surface area contributed by atoms with Crippen LogP contribution in [0.3, 0.4) is 0 Å². The van der Waals surface area contributed by atoms with Crippen molar-refractivity contribution < 1.29 is 4.79 Å². The van der Waals surface area contributed by atoms with Gasteiger partial charge in [0.2, 0.25) is 5.91 Å². The van der Waals surface area contributed by atoms with Crippen LogP contribution in [-0.2, 0) is 11.2 Å². The molecule has 0 aliphatic carbocycles. The van der Waals surface area contributed by atoms with Gasteiger partial charge in [-0.1, -0.05) is 56.0 Å². The highest BCUT2D eigenvalue weighted by molar-refractivity contribution is 7.16. The first-order chi connectivity index (χ1) is 11.3. The van der Waals surface area contributed by atoms with E-state index in [0.29, 0.717) is 6.42 Å². The molecule has 122 valence electrons. The van der Waals surface area contributed by atoms with Gasteiger partial charge in [-0.2, -0.15) is 0 Å². The summed E-state index contributed by atoms with van der Waals surface area (Å²) in [4.78, 5) is 17.0. The molecule has 0 bridgehead atoms. The van der Waals surface area contributed by atoms with Gasteiger partial charge in [-0.25, -0.2) is 0 Å². The predicted octanol–water partition coefficient (Wildman–Crippen LogP) is 5.66. The molecule has 2 nitrogen and oxygen atoms in total. The summed E-state index contributed by atoms with van der Waals surface area (Å²) in [6.07, 6.45) is 9.07. The molecule has 0 fully saturated rings. The molecular weight excluding hydrogens is 302 g/mol. The topological polar surface area (TPSA) is 20.3 Å². The highest BCUT2D eigenvalue weighted by Gasteiger charge is 2.18. The molecule has 1 aromatic heterocycles. The summed E-state index contributed by atoms with van der Waals surface area (Å²) in [5.41, 5.74) is 2.37. The number of thiophene rings is 1. The Kier molecular flexibility index (Phi) is 5.50. The number of carbonyl (C=O) groups is 1. The minimum atomic E-state index is 0.254. The van der Waals surface area contributed by atoms with Crippen molar-refractivity contribution in [2.45, 2.75) is 51.4 Å². The Hall–Kier alpha value is -1.61. The summed E-state index contributed by atoms with van der Waals surface area (Å²) < 4.78 is 0. The summed E-state index contributed by atoms with van der Waals surface area (Å²) in [5.74, 6) is 0.254. The van der Waals surface area contributed by atoms with Gasteiger partial charge in [0.15, 0.2) is 0 Å². The van der Waals surface area contributed by atoms with Crippen molar-refractivity contribution in [3.05, 3.63) is 41.3 Å². The lowest BCUT2D eigenvalue weighted by molar-refractivity contribution is -0.118. The van der Waals surface area contributed by atoms with E-state index < -0.39 is 0 Å². The Morgan fingerprint density at radius 3 is 2.30 bits per heavy atom. The monoisotopic (exact) mass is 327 g/mol. The summed E-state index contributed by atoms with van der Waals surface area (Å²) in [6.45, 7) is 0. The molecule has 1 amide bonds. The fraction of sp³-hybridized carbons (Fsp3) is 0.450. The second-order valence-electron chi connectivity index (χ2n) is 6.36. The van der Waals surface area contributed by atoms with E-state index >= 15 is 0 Å². The summed E-state index contributed by atoms with van der Waals surface area (Å²) >= 11 is 1.85. The molecule has 0 saturated heterocycles. The number of rotatable bonds is 1. The van der Waals surface area contributed by atoms with Crippen LogP contribution in [0, 0.1) is 0 Å². The third-order valence-corrected chi connectivity index (χ3v) is 5.86. The lowest BCUT2D eigenvalue weighted by Gasteiger charge is -2.18. The molecule has 23 heavy (non-hydrogen) atoms. The van der Waals surface area contributed by atoms with Crippen LogP contribution in [0.5, 0.6) is 0 Å². The minimum Gasteiger partial charge on any atom is -0.314 e. The number of carbonyl (C=O) groups excluding carboxylic acids is 1. The second kappa shape index (κ2) is 7.78. The van der Waals surface area contributed by atoms with Crippen molar-refractivity contribution >= 4 is 22.9 Å². The van der Waals surface area contributed by atoms with Crippen molar-refractivity contribution in [1.82, 2.24) is 0 Å². The highest BCUT2D eigenvalue weighted by Crippen LogP contribution is 2.38. The number of anilines is 1. The van der Waals surface area contributed by atoms with E-state index in [1.54, 1.807) is 0 Å². The van der Waals surface area contributed by atoms with Gasteiger partial charge in [-0.3, -0.25) is 4.79 Å². The summed E-state index contributed by atoms with van der Waals surface area (Å²) in [5, 5.41) is 0. The Bertz CT molecular complexity index is 647. The van der Waals surface area contributed by atoms with Crippen LogP contribution in [0.15, 0.2) is 36.4 Å². The van der Waals surface area contributed by atoms with Gasteiger partial charge in [-0.15, -0.1) is 11.3 Å². The van der Waals surface area contributed by atoms with Gasteiger partial charge in [0.25, 0.3) is 0 Å². The molecule has 2 heterocycles. The number of hydrogen-bond donors (Lipinski definition) is 0. The zero-order valence-corrected chi connectivity index (χ0v) is 14.7. The molecule has 1 aliphatic heterocycles. The fourth-order valence-corrected chi connectivity index (χ4v) is 4.43. The van der Waals surface area contributed by atoms with Gasteiger partial charge < -0.3 is 4.90 Å². The van der Waals surface area contributed by atoms with E-state index in [4.69, 9.17) is 0 Å². The van der Waals surface area contributed by atoms with E-state index in [2.05, 4.69) is 30.3 Å². The maximum atomic E-state index is 12.5. The van der Waals surface area contributed by atoms with Gasteiger partial charge in [0.05, 0.1) is 5.69 Å². The minimum absolute atomic E-state index is 0.254. The maximum Gasteiger partial charge on any atom is 0.226 e. The number of benzene rings is 1. The summed E-state index contributed by atoms with van der Waals surface area (Å²) in [6, 6.07) is 12.7. The van der Waals surface area contributed by atoms with Crippen molar-refractivity contribution in [2.75, 3.05) is 11.9 Å². The van der Waals surface area contributed by atoms with Crippen molar-refractivity contribution in [1.29, 1.82) is 0 Å². The van der Waals surface area contributed by atoms with E-state index in [1.807, 2.05) is 29.4 Å². The van der Waals surface area contributed by atoms with Crippen LogP contribution in [0.1, 0.15) is 49.8 Å². The maximum absolute atomic E-state index is 12.5. The number of hydrogen-bond acceptors (Lipinski definition) is 2. The van der Waals surface area contributed by atoms with Crippen LogP contribution >= 0.6 is 11.3 Å². The standard InChI is InChI=1S/C20H25NOS/c1-21-17-15-19(16-11-7-6-8-12-16)23-18(17)13-9-4-2-3-5-10-14-20(21)22/h6-8,11-12,15H,2-5,9-10,13-14H2,1H3. The van der Waals surface area contributed by atoms with Crippen molar-refractivity contribution in [2.24, 2.45) is 0 Å². The molecule has 0 atom stereocenters. The fourth-order valence-electron chi connectivity index (χ4n) is 3.20. The second-order valence-corrected chi connectivity index (χ2v) is 7.50. The molecule has 0 unspecified atom stereocenters. The van der Waals surface area contributed by atoms with Gasteiger partial charge in [0.1, 0.15) is 0 Å². The lowest BCUT2D eigenvalue weighted by Crippen LogP contribution is -2.26. The third-order valence-electron chi connectivity index (χ3n) is 4.62. The SMILES string of the molecule is CN1C(=O)CCCCCCCCc2sc(-c3ccccc3)cc21. The Balaban J connectivity index is 1.91. The lowest BCUT2D eigenvalue weighted by atomic mass is 10.1. The molecular formula is C20H25NOS. The van der Waals surface area contributed by atoms with Crippen LogP contribution in [-0.4, -0.2) is 13.0 Å². The quantitative estimate of drug-likeness (QED) is 0.661. The van der Waals surface area contributed by atoms with Gasteiger partial charge >= 0.3 is 0 Å². The average Bonchev–Trinajstić information content (AvgIpc) is 3.00. The van der Waals surface area contributed by atoms with E-state index in [-0.39, 0.29) is 5.91 Å². The first-order valence-electron chi connectivity index (χ1n) is 8.70.